The molecule has 0 aliphatic rings. The average Bonchev–Trinajstić information content (AvgIpc) is 2.54. The van der Waals surface area contributed by atoms with Gasteiger partial charge in [0.05, 0.1) is 26.9 Å². The Kier molecular flexibility index (Phi) is 6.02. The molecule has 0 atom stereocenters. The number of anilines is 1. The van der Waals surface area contributed by atoms with Gasteiger partial charge < -0.3 is 5.32 Å². The van der Waals surface area contributed by atoms with Crippen LogP contribution >= 0.6 is 15.9 Å². The van der Waals surface area contributed by atoms with Gasteiger partial charge in [0, 0.05) is 0 Å². The van der Waals surface area contributed by atoms with Crippen LogP contribution in [0.15, 0.2) is 40.9 Å². The predicted octanol–water partition coefficient (Wildman–Crippen LogP) is 5.59. The lowest BCUT2D eigenvalue weighted by atomic mass is 10.1. The fraction of sp³-hybridized carbons (Fsp3) is 0.125. The number of alkyl halides is 6. The minimum atomic E-state index is -5.16. The Labute approximate surface area is 160 Å². The number of hydrogen-bond acceptors (Lipinski definition) is 2. The van der Waals surface area contributed by atoms with Crippen molar-refractivity contribution < 1.29 is 40.3 Å². The molecule has 150 valence electrons. The summed E-state index contributed by atoms with van der Waals surface area (Å²) in [4.78, 5) is 23.7. The van der Waals surface area contributed by atoms with Gasteiger partial charge in [0.25, 0.3) is 5.91 Å². The van der Waals surface area contributed by atoms with E-state index in [1.54, 1.807) is 10.6 Å². The minimum absolute atomic E-state index is 0.127. The predicted molar refractivity (Wildman–Crippen MR) is 87.0 cm³/mol. The smallest absolute Gasteiger partial charge is 0.307 e. The molecule has 28 heavy (non-hydrogen) atoms. The number of carbonyl (C=O) groups excluding carboxylic acids is 2. The van der Waals surface area contributed by atoms with E-state index >= 15 is 0 Å². The summed E-state index contributed by atoms with van der Waals surface area (Å²) < 4.78 is 90.2. The lowest BCUT2D eigenvalue weighted by molar-refractivity contribution is -0.143. The first-order valence-corrected chi connectivity index (χ1v) is 7.95. The molecule has 4 nitrogen and oxygen atoms in total. The molecule has 0 unspecified atom stereocenters. The molecule has 0 saturated carbocycles. The fourth-order valence-corrected chi connectivity index (χ4v) is 2.61. The van der Waals surface area contributed by atoms with Crippen molar-refractivity contribution in [2.45, 2.75) is 12.4 Å². The highest BCUT2D eigenvalue weighted by Gasteiger charge is 2.39. The molecule has 2 aromatic rings. The molecule has 0 aromatic heterocycles. The topological polar surface area (TPSA) is 58.2 Å². The second-order valence-electron chi connectivity index (χ2n) is 5.27. The van der Waals surface area contributed by atoms with Crippen LogP contribution in [0.5, 0.6) is 0 Å². The van der Waals surface area contributed by atoms with Gasteiger partial charge >= 0.3 is 18.4 Å². The van der Waals surface area contributed by atoms with Crippen LogP contribution in [0.2, 0.25) is 0 Å². The summed E-state index contributed by atoms with van der Waals surface area (Å²) in [6, 6.07) is 3.18. The Hall–Kier alpha value is -2.63. The van der Waals surface area contributed by atoms with E-state index in [2.05, 4.69) is 15.9 Å². The number of hydrogen-bond donors (Lipinski definition) is 2. The number of benzene rings is 2. The van der Waals surface area contributed by atoms with Crippen molar-refractivity contribution in [3.63, 3.8) is 0 Å². The van der Waals surface area contributed by atoms with Crippen molar-refractivity contribution in [1.82, 2.24) is 5.32 Å². The third-order valence-electron chi connectivity index (χ3n) is 3.30. The zero-order valence-corrected chi connectivity index (χ0v) is 14.9. The molecule has 0 radical (unpaired) electrons. The van der Waals surface area contributed by atoms with Gasteiger partial charge in [-0.25, -0.2) is 9.18 Å². The molecule has 0 aliphatic heterocycles. The second kappa shape index (κ2) is 7.78. The number of rotatable bonds is 2. The quantitative estimate of drug-likeness (QED) is 0.560. The fourth-order valence-electron chi connectivity index (χ4n) is 2.05. The van der Waals surface area contributed by atoms with Crippen molar-refractivity contribution in [2.75, 3.05) is 5.32 Å². The zero-order chi connectivity index (χ0) is 21.3. The normalized spacial score (nSPS) is 11.9. The SMILES string of the molecule is O=C(NC(=O)c1ccccc1F)Nc1cc(C(F)(F)F)cc(C(F)(F)F)c1Br. The van der Waals surface area contributed by atoms with Gasteiger partial charge in [-0.1, -0.05) is 12.1 Å². The van der Waals surface area contributed by atoms with E-state index in [4.69, 9.17) is 0 Å². The third-order valence-corrected chi connectivity index (χ3v) is 4.15. The van der Waals surface area contributed by atoms with Gasteiger partial charge in [-0.15, -0.1) is 0 Å². The van der Waals surface area contributed by atoms with Crippen LogP contribution in [0.3, 0.4) is 0 Å². The van der Waals surface area contributed by atoms with Crippen LogP contribution in [0.1, 0.15) is 21.5 Å². The van der Waals surface area contributed by atoms with Crippen molar-refractivity contribution >= 4 is 33.6 Å². The first-order chi connectivity index (χ1) is 12.8. The van der Waals surface area contributed by atoms with E-state index in [9.17, 15) is 40.3 Å². The summed E-state index contributed by atoms with van der Waals surface area (Å²) in [6.07, 6.45) is -10.3. The van der Waals surface area contributed by atoms with Gasteiger partial charge in [0.1, 0.15) is 5.82 Å². The number of carbonyl (C=O) groups is 2. The third kappa shape index (κ3) is 5.00. The van der Waals surface area contributed by atoms with E-state index < -0.39 is 57.0 Å². The van der Waals surface area contributed by atoms with Crippen molar-refractivity contribution in [3.8, 4) is 0 Å². The van der Waals surface area contributed by atoms with Crippen LogP contribution in [-0.4, -0.2) is 11.9 Å². The molecule has 2 aromatic carbocycles. The molecule has 12 heteroatoms. The lowest BCUT2D eigenvalue weighted by Gasteiger charge is -2.17. The molecule has 2 N–H and O–H groups in total. The van der Waals surface area contributed by atoms with Crippen molar-refractivity contribution in [3.05, 3.63) is 63.4 Å². The molecular formula is C16H8BrF7N2O2. The molecule has 0 heterocycles. The number of nitrogens with one attached hydrogen (secondary N) is 2. The average molecular weight is 473 g/mol. The summed E-state index contributed by atoms with van der Waals surface area (Å²) >= 11 is 2.49. The van der Waals surface area contributed by atoms with E-state index in [1.807, 2.05) is 0 Å². The first kappa shape index (κ1) is 21.7. The highest BCUT2D eigenvalue weighted by atomic mass is 79.9. The summed E-state index contributed by atoms with van der Waals surface area (Å²) in [5.41, 5.74) is -4.78. The summed E-state index contributed by atoms with van der Waals surface area (Å²) in [7, 11) is 0. The van der Waals surface area contributed by atoms with E-state index in [0.29, 0.717) is 0 Å². The minimum Gasteiger partial charge on any atom is -0.307 e. The van der Waals surface area contributed by atoms with E-state index in [1.165, 1.54) is 12.1 Å². The summed E-state index contributed by atoms with van der Waals surface area (Å²) in [5, 5.41) is 3.33. The molecule has 0 bridgehead atoms. The van der Waals surface area contributed by atoms with E-state index in [0.717, 1.165) is 12.1 Å². The van der Waals surface area contributed by atoms with Crippen LogP contribution in [-0.2, 0) is 12.4 Å². The van der Waals surface area contributed by atoms with Crippen molar-refractivity contribution in [2.24, 2.45) is 0 Å². The van der Waals surface area contributed by atoms with Crippen LogP contribution in [0.25, 0.3) is 0 Å². The second-order valence-corrected chi connectivity index (χ2v) is 6.06. The highest BCUT2D eigenvalue weighted by Crippen LogP contribution is 2.42. The Morgan fingerprint density at radius 1 is 0.929 bits per heavy atom. The van der Waals surface area contributed by atoms with Gasteiger partial charge in [0.2, 0.25) is 0 Å². The molecule has 3 amide bonds. The molecular weight excluding hydrogens is 465 g/mol. The van der Waals surface area contributed by atoms with Crippen LogP contribution < -0.4 is 10.6 Å². The zero-order valence-electron chi connectivity index (χ0n) is 13.3. The monoisotopic (exact) mass is 472 g/mol. The van der Waals surface area contributed by atoms with Gasteiger partial charge in [-0.05, 0) is 40.2 Å². The Morgan fingerprint density at radius 3 is 2.07 bits per heavy atom. The molecule has 0 spiro atoms. The van der Waals surface area contributed by atoms with Crippen molar-refractivity contribution in [1.29, 1.82) is 0 Å². The maximum Gasteiger partial charge on any atom is 0.417 e. The number of amides is 3. The Balaban J connectivity index is 2.33. The number of urea groups is 1. The molecule has 0 saturated heterocycles. The maximum absolute atomic E-state index is 13.5. The number of imide groups is 1. The van der Waals surface area contributed by atoms with Gasteiger partial charge in [0.15, 0.2) is 0 Å². The number of halogens is 8. The van der Waals surface area contributed by atoms with Gasteiger partial charge in [-0.3, -0.25) is 10.1 Å². The van der Waals surface area contributed by atoms with Crippen LogP contribution in [0.4, 0.5) is 41.2 Å². The Morgan fingerprint density at radius 2 is 1.54 bits per heavy atom. The molecule has 2 rings (SSSR count). The highest BCUT2D eigenvalue weighted by molar-refractivity contribution is 9.10. The summed E-state index contributed by atoms with van der Waals surface area (Å²) in [6.45, 7) is 0. The Bertz CT molecular complexity index is 926. The largest absolute Gasteiger partial charge is 0.417 e. The van der Waals surface area contributed by atoms with Gasteiger partial charge in [-0.2, -0.15) is 26.3 Å². The van der Waals surface area contributed by atoms with Crippen LogP contribution in [0, 0.1) is 5.82 Å². The lowest BCUT2D eigenvalue weighted by Crippen LogP contribution is -2.35. The first-order valence-electron chi connectivity index (χ1n) is 7.15. The van der Waals surface area contributed by atoms with E-state index in [-0.39, 0.29) is 12.1 Å². The summed E-state index contributed by atoms with van der Waals surface area (Å²) in [5.74, 6) is -2.22. The standard InChI is InChI=1S/C16H8BrF7N2O2/c17-12-9(16(22,23)24)5-7(15(19,20)21)6-11(12)25-14(28)26-13(27)8-3-1-2-4-10(8)18/h1-6H,(H2,25,26,27,28). The maximum atomic E-state index is 13.5. The molecule has 0 aliphatic carbocycles. The molecule has 0 fully saturated rings.